The van der Waals surface area contributed by atoms with E-state index >= 15 is 0 Å². The number of allylic oxidation sites excluding steroid dienone is 1. The predicted molar refractivity (Wildman–Crippen MR) is 179 cm³/mol. The first-order chi connectivity index (χ1) is 23.3. The van der Waals surface area contributed by atoms with E-state index in [0.29, 0.717) is 33.9 Å². The fraction of sp³-hybridized carbons (Fsp3) is 0.143. The summed E-state index contributed by atoms with van der Waals surface area (Å²) in [5, 5.41) is 15.9. The third kappa shape index (κ3) is 6.14. The minimum absolute atomic E-state index is 0.0420. The Hall–Kier alpha value is -5.13. The van der Waals surface area contributed by atoms with Crippen LogP contribution >= 0.6 is 23.2 Å². The van der Waals surface area contributed by atoms with E-state index < -0.39 is 17.7 Å². The number of benzene rings is 4. The molecule has 0 amide bonds. The maximum Gasteiger partial charge on any atom is 0.226 e. The molecule has 6 aromatic rings. The normalized spacial score (nSPS) is 18.0. The summed E-state index contributed by atoms with van der Waals surface area (Å²) in [5.74, 6) is -0.525. The van der Waals surface area contributed by atoms with Crippen LogP contribution in [0.15, 0.2) is 104 Å². The quantitative estimate of drug-likeness (QED) is 0.193. The van der Waals surface area contributed by atoms with Crippen LogP contribution in [0.4, 0.5) is 25.1 Å². The van der Waals surface area contributed by atoms with Crippen molar-refractivity contribution >= 4 is 40.8 Å². The Bertz CT molecular complexity index is 2070. The van der Waals surface area contributed by atoms with Gasteiger partial charge in [0.05, 0.1) is 17.6 Å². The summed E-state index contributed by atoms with van der Waals surface area (Å²) in [6.07, 6.45) is 5.17. The van der Waals surface area contributed by atoms with Crippen LogP contribution < -0.4 is 10.6 Å². The number of anilines is 2. The highest BCUT2D eigenvalue weighted by Crippen LogP contribution is 2.41. The lowest BCUT2D eigenvalue weighted by molar-refractivity contribution is 0.416. The van der Waals surface area contributed by atoms with Gasteiger partial charge in [0.1, 0.15) is 36.1 Å². The molecule has 0 spiro atoms. The molecule has 0 radical (unpaired) electrons. The van der Waals surface area contributed by atoms with E-state index in [9.17, 15) is 13.2 Å². The molecule has 3 unspecified atom stereocenters. The maximum absolute atomic E-state index is 14.4. The summed E-state index contributed by atoms with van der Waals surface area (Å²) < 4.78 is 46.1. The summed E-state index contributed by atoms with van der Waals surface area (Å²) in [7, 11) is 0. The lowest BCUT2D eigenvalue weighted by Crippen LogP contribution is -2.28. The Kier molecular flexibility index (Phi) is 8.63. The highest BCUT2D eigenvalue weighted by atomic mass is 35.5. The van der Waals surface area contributed by atoms with Crippen LogP contribution in [0.1, 0.15) is 52.4 Å². The average molecular weight is 688 g/mol. The van der Waals surface area contributed by atoms with Gasteiger partial charge in [-0.05, 0) is 66.9 Å². The molecule has 242 valence electrons. The molecule has 13 heteroatoms. The number of hydrogen-bond acceptors (Lipinski definition) is 6. The van der Waals surface area contributed by atoms with Crippen molar-refractivity contribution in [3.05, 3.63) is 159 Å². The number of hydrogen-bond donors (Lipinski definition) is 2. The van der Waals surface area contributed by atoms with Crippen LogP contribution in [0.3, 0.4) is 0 Å². The van der Waals surface area contributed by atoms with Crippen LogP contribution in [0.2, 0.25) is 10.0 Å². The monoisotopic (exact) mass is 686 g/mol. The van der Waals surface area contributed by atoms with Gasteiger partial charge in [-0.2, -0.15) is 20.2 Å². The first-order valence-corrected chi connectivity index (χ1v) is 15.8. The number of aromatic nitrogens is 6. The molecular formula is C35H27Cl2F3N8. The van der Waals surface area contributed by atoms with Gasteiger partial charge in [0, 0.05) is 21.3 Å². The molecule has 3 atom stereocenters. The molecular weight excluding hydrogens is 660 g/mol. The van der Waals surface area contributed by atoms with E-state index in [-0.39, 0.29) is 23.5 Å². The van der Waals surface area contributed by atoms with E-state index in [0.717, 1.165) is 22.4 Å². The van der Waals surface area contributed by atoms with Crippen molar-refractivity contribution < 1.29 is 13.2 Å². The Morgan fingerprint density at radius 1 is 0.729 bits per heavy atom. The second-order valence-electron chi connectivity index (χ2n) is 11.3. The van der Waals surface area contributed by atoms with Gasteiger partial charge in [0.2, 0.25) is 11.9 Å². The highest BCUT2D eigenvalue weighted by molar-refractivity contribution is 6.31. The van der Waals surface area contributed by atoms with Gasteiger partial charge in [-0.1, -0.05) is 77.3 Å². The fourth-order valence-corrected chi connectivity index (χ4v) is 6.35. The van der Waals surface area contributed by atoms with Crippen LogP contribution in [-0.2, 0) is 0 Å². The third-order valence-corrected chi connectivity index (χ3v) is 8.88. The lowest BCUT2D eigenvalue weighted by atomic mass is 9.93. The first-order valence-electron chi connectivity index (χ1n) is 15.0. The van der Waals surface area contributed by atoms with Gasteiger partial charge in [0.15, 0.2) is 0 Å². The maximum atomic E-state index is 14.4. The largest absolute Gasteiger partial charge is 0.348 e. The molecule has 0 fully saturated rings. The van der Waals surface area contributed by atoms with Crippen LogP contribution in [-0.4, -0.2) is 29.5 Å². The van der Waals surface area contributed by atoms with Gasteiger partial charge >= 0.3 is 0 Å². The minimum atomic E-state index is -0.707. The number of rotatable bonds is 4. The molecule has 2 aromatic heterocycles. The predicted octanol–water partition coefficient (Wildman–Crippen LogP) is 8.79. The third-order valence-electron chi connectivity index (χ3n) is 8.30. The molecule has 4 heterocycles. The van der Waals surface area contributed by atoms with Gasteiger partial charge in [-0.15, -0.1) is 0 Å². The Balaban J connectivity index is 0.000000152. The standard InChI is InChI=1S/C18H14F2N4.C17H13Cl2FN4/c1-11-5-7-12(8-6-11)15-9-16(24-18(23-15)21-10-22-24)17-13(19)3-2-4-14(17)20;18-11-6-4-10(5-7-11)14-8-15(24-17(23-14)21-9-22-24)16-12(19)2-1-3-13(16)20/h2-10,16H,1H3,(H,21,22,23);1-7,9,14-15H,8H2,(H,21,22,23). The van der Waals surface area contributed by atoms with E-state index in [1.165, 1.54) is 41.6 Å². The van der Waals surface area contributed by atoms with Gasteiger partial charge in [-0.25, -0.2) is 22.5 Å². The first kappa shape index (κ1) is 31.5. The number of aryl methyl sites for hydroxylation is 1. The fourth-order valence-electron chi connectivity index (χ4n) is 5.94. The summed E-state index contributed by atoms with van der Waals surface area (Å²) in [5.41, 5.74) is 4.22. The van der Waals surface area contributed by atoms with E-state index in [2.05, 4.69) is 30.8 Å². The molecule has 0 aliphatic carbocycles. The number of nitrogens with zero attached hydrogens (tertiary/aromatic N) is 6. The zero-order valence-electron chi connectivity index (χ0n) is 25.3. The summed E-state index contributed by atoms with van der Waals surface area (Å²) in [4.78, 5) is 8.37. The molecule has 0 saturated carbocycles. The number of halogens is 5. The van der Waals surface area contributed by atoms with Gasteiger partial charge < -0.3 is 10.6 Å². The molecule has 2 aliphatic rings. The molecule has 48 heavy (non-hydrogen) atoms. The molecule has 0 saturated heterocycles. The van der Waals surface area contributed by atoms with Crippen molar-refractivity contribution in [3.63, 3.8) is 0 Å². The van der Waals surface area contributed by atoms with Gasteiger partial charge in [0.25, 0.3) is 0 Å². The molecule has 0 bridgehead atoms. The second kappa shape index (κ2) is 13.2. The number of nitrogens with one attached hydrogen (secondary N) is 2. The summed E-state index contributed by atoms with van der Waals surface area (Å²) in [6.45, 7) is 2.00. The average Bonchev–Trinajstić information content (AvgIpc) is 3.76. The van der Waals surface area contributed by atoms with Gasteiger partial charge in [-0.3, -0.25) is 0 Å². The Morgan fingerprint density at radius 3 is 2.04 bits per heavy atom. The highest BCUT2D eigenvalue weighted by Gasteiger charge is 2.33. The van der Waals surface area contributed by atoms with Crippen molar-refractivity contribution in [2.75, 3.05) is 10.6 Å². The molecule has 2 aliphatic heterocycles. The topological polar surface area (TPSA) is 85.5 Å². The minimum Gasteiger partial charge on any atom is -0.348 e. The summed E-state index contributed by atoms with van der Waals surface area (Å²) >= 11 is 12.2. The number of fused-ring (bicyclic) bond motifs is 2. The Labute approximate surface area is 283 Å². The smallest absolute Gasteiger partial charge is 0.226 e. The SMILES string of the molecule is Cc1ccc(C2=CC(c3c(F)cccc3F)n3ncnc3N2)cc1.Fc1cccc(Cl)c1C1CC(c2ccc(Cl)cc2)Nc2ncnn21. The van der Waals surface area contributed by atoms with Crippen LogP contribution in [0.5, 0.6) is 0 Å². The van der Waals surface area contributed by atoms with Crippen molar-refractivity contribution in [1.82, 2.24) is 29.5 Å². The van der Waals surface area contributed by atoms with E-state index in [1.807, 2.05) is 55.5 Å². The zero-order chi connectivity index (χ0) is 33.4. The Morgan fingerprint density at radius 2 is 1.35 bits per heavy atom. The summed E-state index contributed by atoms with van der Waals surface area (Å²) in [6, 6.07) is 22.9. The zero-order valence-corrected chi connectivity index (χ0v) is 26.8. The molecule has 4 aromatic carbocycles. The van der Waals surface area contributed by atoms with Crippen molar-refractivity contribution in [2.45, 2.75) is 31.5 Å². The van der Waals surface area contributed by atoms with E-state index in [1.54, 1.807) is 22.9 Å². The molecule has 2 N–H and O–H groups in total. The molecule has 8 nitrogen and oxygen atoms in total. The molecule has 8 rings (SSSR count). The van der Waals surface area contributed by atoms with Crippen molar-refractivity contribution in [3.8, 4) is 0 Å². The van der Waals surface area contributed by atoms with Crippen LogP contribution in [0.25, 0.3) is 5.70 Å². The van der Waals surface area contributed by atoms with Crippen molar-refractivity contribution in [1.29, 1.82) is 0 Å². The lowest BCUT2D eigenvalue weighted by Gasteiger charge is -2.32. The van der Waals surface area contributed by atoms with Crippen LogP contribution in [0, 0.1) is 24.4 Å². The van der Waals surface area contributed by atoms with E-state index in [4.69, 9.17) is 23.2 Å². The second-order valence-corrected chi connectivity index (χ2v) is 12.2. The van der Waals surface area contributed by atoms with Crippen molar-refractivity contribution in [2.24, 2.45) is 0 Å².